The molecule has 0 radical (unpaired) electrons. The number of nitrogens with one attached hydrogen (secondary N) is 2. The van der Waals surface area contributed by atoms with Crippen molar-refractivity contribution in [3.05, 3.63) is 59.7 Å². The van der Waals surface area contributed by atoms with Gasteiger partial charge >= 0.3 is 6.03 Å². The van der Waals surface area contributed by atoms with Gasteiger partial charge in [-0.2, -0.15) is 0 Å². The van der Waals surface area contributed by atoms with Crippen LogP contribution in [0.5, 0.6) is 5.75 Å². The van der Waals surface area contributed by atoms with Crippen LogP contribution in [-0.2, 0) is 10.2 Å². The molecule has 1 aliphatic carbocycles. The number of imide groups is 1. The van der Waals surface area contributed by atoms with Gasteiger partial charge in [0.2, 0.25) is 5.79 Å². The van der Waals surface area contributed by atoms with Gasteiger partial charge in [0.05, 0.1) is 24.8 Å². The summed E-state index contributed by atoms with van der Waals surface area (Å²) >= 11 is 0. The van der Waals surface area contributed by atoms with Crippen LogP contribution in [0.4, 0.5) is 10.5 Å². The number of benzene rings is 2. The van der Waals surface area contributed by atoms with Crippen molar-refractivity contribution in [2.24, 2.45) is 21.5 Å². The first-order valence-corrected chi connectivity index (χ1v) is 15.5. The number of ether oxygens (including phenoxy) is 1. The van der Waals surface area contributed by atoms with Crippen LogP contribution in [0.1, 0.15) is 41.6 Å². The Morgan fingerprint density at radius 3 is 2.59 bits per heavy atom. The van der Waals surface area contributed by atoms with Gasteiger partial charge in [-0.1, -0.05) is 36.8 Å². The SMILES string of the molecule is NC1=N[C@H]2[C@H](CN3C(=O)CN(c4ccccc4)C3=O)N=C(N)N3CC(NC(=O)c4cccc5c4OCCC54CCC4)C(O)(O)[C@]23N1. The molecule has 1 saturated carbocycles. The van der Waals surface area contributed by atoms with E-state index in [9.17, 15) is 24.6 Å². The molecule has 0 aromatic heterocycles. The number of urea groups is 1. The summed E-state index contributed by atoms with van der Waals surface area (Å²) in [6.45, 7) is -0.0330. The van der Waals surface area contributed by atoms with E-state index in [1.165, 1.54) is 9.80 Å². The van der Waals surface area contributed by atoms with Crippen LogP contribution in [-0.4, -0.2) is 106 Å². The molecule has 2 spiro atoms. The highest BCUT2D eigenvalue weighted by molar-refractivity contribution is 6.12. The van der Waals surface area contributed by atoms with Crippen molar-refractivity contribution in [1.82, 2.24) is 20.4 Å². The van der Waals surface area contributed by atoms with Gasteiger partial charge in [0.1, 0.15) is 24.4 Å². The Hall–Kier alpha value is -4.89. The lowest BCUT2D eigenvalue weighted by atomic mass is 9.61. The minimum Gasteiger partial charge on any atom is -0.492 e. The molecule has 1 unspecified atom stereocenters. The Morgan fingerprint density at radius 2 is 1.85 bits per heavy atom. The molecule has 15 nitrogen and oxygen atoms in total. The molecular formula is C31H35N9O6. The minimum absolute atomic E-state index is 0.0145. The van der Waals surface area contributed by atoms with E-state index in [4.69, 9.17) is 16.2 Å². The number of carbonyl (C=O) groups is 3. The van der Waals surface area contributed by atoms with E-state index in [2.05, 4.69) is 20.6 Å². The topological polar surface area (TPSA) is 211 Å². The van der Waals surface area contributed by atoms with Crippen molar-refractivity contribution in [3.8, 4) is 5.75 Å². The van der Waals surface area contributed by atoms with Crippen molar-refractivity contribution in [3.63, 3.8) is 0 Å². The summed E-state index contributed by atoms with van der Waals surface area (Å²) in [6, 6.07) is 10.4. The maximum absolute atomic E-state index is 13.8. The van der Waals surface area contributed by atoms with Crippen LogP contribution in [0.3, 0.4) is 0 Å². The van der Waals surface area contributed by atoms with Crippen molar-refractivity contribution in [1.29, 1.82) is 0 Å². The van der Waals surface area contributed by atoms with Gasteiger partial charge in [0.25, 0.3) is 11.8 Å². The normalized spacial score (nSPS) is 30.0. The summed E-state index contributed by atoms with van der Waals surface area (Å²) in [5.74, 6) is -3.34. The van der Waals surface area contributed by atoms with Crippen LogP contribution in [0.25, 0.3) is 0 Å². The molecule has 5 heterocycles. The highest BCUT2D eigenvalue weighted by atomic mass is 16.5. The van der Waals surface area contributed by atoms with Crippen LogP contribution in [0, 0.1) is 0 Å². The predicted molar refractivity (Wildman–Crippen MR) is 165 cm³/mol. The third kappa shape index (κ3) is 3.81. The van der Waals surface area contributed by atoms with Crippen LogP contribution < -0.4 is 31.7 Å². The minimum atomic E-state index is -2.68. The summed E-state index contributed by atoms with van der Waals surface area (Å²) in [5.41, 5.74) is 12.6. The van der Waals surface area contributed by atoms with Gasteiger partial charge in [-0.25, -0.2) is 14.8 Å². The molecule has 8 N–H and O–H groups in total. The average Bonchev–Trinajstić information content (AvgIpc) is 3.61. The van der Waals surface area contributed by atoms with E-state index < -0.39 is 47.4 Å². The zero-order valence-corrected chi connectivity index (χ0v) is 24.9. The van der Waals surface area contributed by atoms with E-state index in [-0.39, 0.29) is 37.0 Å². The van der Waals surface area contributed by atoms with E-state index in [1.54, 1.807) is 30.3 Å². The smallest absolute Gasteiger partial charge is 0.331 e. The largest absolute Gasteiger partial charge is 0.492 e. The summed E-state index contributed by atoms with van der Waals surface area (Å²) in [5, 5.41) is 29.5. The molecule has 6 aliphatic rings. The summed E-state index contributed by atoms with van der Waals surface area (Å²) in [7, 11) is 0. The lowest BCUT2D eigenvalue weighted by Gasteiger charge is -2.49. The summed E-state index contributed by atoms with van der Waals surface area (Å²) in [6.07, 6.45) is 4.10. The Kier molecular flexibility index (Phi) is 6.09. The first-order chi connectivity index (χ1) is 22.1. The number of rotatable bonds is 5. The van der Waals surface area contributed by atoms with E-state index in [1.807, 2.05) is 18.2 Å². The Morgan fingerprint density at radius 1 is 1.07 bits per heavy atom. The molecule has 4 atom stereocenters. The van der Waals surface area contributed by atoms with Crippen LogP contribution in [0.15, 0.2) is 58.5 Å². The van der Waals surface area contributed by atoms with Crippen molar-refractivity contribution >= 4 is 35.5 Å². The molecule has 4 amide bonds. The molecule has 240 valence electrons. The molecule has 15 heteroatoms. The molecule has 2 saturated heterocycles. The second-order valence-corrected chi connectivity index (χ2v) is 12.9. The number of anilines is 1. The summed E-state index contributed by atoms with van der Waals surface area (Å²) in [4.78, 5) is 53.0. The van der Waals surface area contributed by atoms with Gasteiger partial charge in [-0.3, -0.25) is 19.4 Å². The number of para-hydroxylation sites is 2. The second kappa shape index (κ2) is 9.80. The molecular weight excluding hydrogens is 594 g/mol. The molecule has 3 fully saturated rings. The number of hydrogen-bond acceptors (Lipinski definition) is 12. The monoisotopic (exact) mass is 629 g/mol. The van der Waals surface area contributed by atoms with E-state index >= 15 is 0 Å². The van der Waals surface area contributed by atoms with Crippen LogP contribution >= 0.6 is 0 Å². The molecule has 8 rings (SSSR count). The Bertz CT molecular complexity index is 1710. The second-order valence-electron chi connectivity index (χ2n) is 12.9. The van der Waals surface area contributed by atoms with Gasteiger partial charge in [-0.05, 0) is 37.5 Å². The molecule has 46 heavy (non-hydrogen) atoms. The number of carbonyl (C=O) groups excluding carboxylic acids is 3. The maximum Gasteiger partial charge on any atom is 0.331 e. The highest BCUT2D eigenvalue weighted by Gasteiger charge is 2.73. The van der Waals surface area contributed by atoms with Gasteiger partial charge in [-0.15, -0.1) is 0 Å². The number of aliphatic imine (C=N–C) groups is 2. The van der Waals surface area contributed by atoms with Crippen molar-refractivity contribution < 1.29 is 29.3 Å². The van der Waals surface area contributed by atoms with Crippen molar-refractivity contribution in [2.75, 3.05) is 31.1 Å². The number of guanidine groups is 2. The fourth-order valence-corrected chi connectivity index (χ4v) is 8.08. The lowest BCUT2D eigenvalue weighted by Crippen LogP contribution is -2.78. The Labute approximate surface area is 263 Å². The molecule has 2 aromatic carbocycles. The standard InChI is InChI=1S/C31H35N9O6/c32-26-36-24-20(14-39-22(41)16-38(28(39)43)17-6-2-1-3-7-17)34-27(33)40-15-21(31(44,45)30(24,40)37-26)35-25(42)18-8-4-9-19-23(18)46-13-12-29(19)10-5-11-29/h1-4,6-9,20-21,24,44-45H,5,10-16H2,(H2,33,34)(H,35,42)(H3,32,36,37)/t20-,21?,24-,30-/m0/s1. The fraction of sp³-hybridized carbons (Fsp3) is 0.452. The van der Waals surface area contributed by atoms with Crippen molar-refractivity contribution in [2.45, 2.75) is 60.7 Å². The third-order valence-corrected chi connectivity index (χ3v) is 10.6. The number of hydrogen-bond donors (Lipinski definition) is 6. The summed E-state index contributed by atoms with van der Waals surface area (Å²) < 4.78 is 6.00. The predicted octanol–water partition coefficient (Wildman–Crippen LogP) is -0.866. The number of aliphatic hydroxyl groups is 2. The Balaban J connectivity index is 1.07. The van der Waals surface area contributed by atoms with E-state index in [0.29, 0.717) is 23.6 Å². The lowest BCUT2D eigenvalue weighted by molar-refractivity contribution is -0.230. The number of nitrogens with two attached hydrogens (primary N) is 2. The van der Waals surface area contributed by atoms with Gasteiger partial charge in [0.15, 0.2) is 17.6 Å². The van der Waals surface area contributed by atoms with E-state index in [0.717, 1.165) is 36.1 Å². The van der Waals surface area contributed by atoms with Gasteiger partial charge < -0.3 is 42.0 Å². The highest BCUT2D eigenvalue weighted by Crippen LogP contribution is 2.52. The first-order valence-electron chi connectivity index (χ1n) is 15.5. The number of amides is 4. The quantitative estimate of drug-likeness (QED) is 0.178. The van der Waals surface area contributed by atoms with Crippen LogP contribution in [0.2, 0.25) is 0 Å². The maximum atomic E-state index is 13.8. The average molecular weight is 630 g/mol. The number of fused-ring (bicyclic) bond motifs is 2. The zero-order chi connectivity index (χ0) is 32.0. The third-order valence-electron chi connectivity index (χ3n) is 10.6. The fourth-order valence-electron chi connectivity index (χ4n) is 8.08. The van der Waals surface area contributed by atoms with Gasteiger partial charge in [0, 0.05) is 23.2 Å². The first kappa shape index (κ1) is 28.6. The molecule has 2 aromatic rings. The molecule has 0 bridgehead atoms. The molecule has 5 aliphatic heterocycles. The zero-order valence-electron chi connectivity index (χ0n) is 24.9. The number of nitrogens with zero attached hydrogens (tertiary/aromatic N) is 5.